The number of hydrogen-bond acceptors (Lipinski definition) is 4. The maximum absolute atomic E-state index is 5.16. The molecule has 0 fully saturated rings. The van der Waals surface area contributed by atoms with Gasteiger partial charge in [0.1, 0.15) is 5.75 Å². The smallest absolute Gasteiger partial charge is 0.178 e. The van der Waals surface area contributed by atoms with E-state index in [1.54, 1.807) is 18.4 Å². The summed E-state index contributed by atoms with van der Waals surface area (Å²) in [5, 5.41) is 1.96. The van der Waals surface area contributed by atoms with Crippen LogP contribution in [0.1, 0.15) is 5.69 Å². The van der Waals surface area contributed by atoms with Gasteiger partial charge in [-0.3, -0.25) is 0 Å². The summed E-state index contributed by atoms with van der Waals surface area (Å²) in [6.45, 7) is 1.96. The average molecular weight is 245 g/mol. The van der Waals surface area contributed by atoms with E-state index in [-0.39, 0.29) is 0 Å². The summed E-state index contributed by atoms with van der Waals surface area (Å²) in [6.07, 6.45) is 0. The SMILES string of the molecule is COc1csc(-c2nc3nc(C)ccc3[nH]2)c1. The van der Waals surface area contributed by atoms with Gasteiger partial charge in [-0.05, 0) is 19.1 Å². The van der Waals surface area contributed by atoms with Crippen LogP contribution in [0.5, 0.6) is 5.75 Å². The second-order valence-corrected chi connectivity index (χ2v) is 4.67. The number of H-pyrrole nitrogens is 1. The number of nitrogens with zero attached hydrogens (tertiary/aromatic N) is 2. The van der Waals surface area contributed by atoms with Gasteiger partial charge >= 0.3 is 0 Å². The maximum atomic E-state index is 5.16. The molecule has 0 bridgehead atoms. The molecule has 0 saturated heterocycles. The minimum atomic E-state index is 0.757. The minimum Gasteiger partial charge on any atom is -0.496 e. The van der Waals surface area contributed by atoms with Crippen LogP contribution >= 0.6 is 11.3 Å². The van der Waals surface area contributed by atoms with E-state index in [2.05, 4.69) is 15.0 Å². The van der Waals surface area contributed by atoms with Crippen molar-refractivity contribution in [1.82, 2.24) is 15.0 Å². The molecule has 0 aliphatic carbocycles. The molecule has 17 heavy (non-hydrogen) atoms. The lowest BCUT2D eigenvalue weighted by atomic mass is 10.3. The fraction of sp³-hybridized carbons (Fsp3) is 0.167. The third-order valence-electron chi connectivity index (χ3n) is 2.53. The molecule has 86 valence electrons. The van der Waals surface area contributed by atoms with Gasteiger partial charge in [-0.25, -0.2) is 9.97 Å². The number of imidazole rings is 1. The van der Waals surface area contributed by atoms with Crippen molar-refractivity contribution >= 4 is 22.5 Å². The van der Waals surface area contributed by atoms with Crippen molar-refractivity contribution in [1.29, 1.82) is 0 Å². The Morgan fingerprint density at radius 1 is 1.29 bits per heavy atom. The van der Waals surface area contributed by atoms with Crippen molar-refractivity contribution < 1.29 is 4.74 Å². The minimum absolute atomic E-state index is 0.757. The lowest BCUT2D eigenvalue weighted by molar-refractivity contribution is 0.417. The summed E-state index contributed by atoms with van der Waals surface area (Å²) < 4.78 is 5.16. The van der Waals surface area contributed by atoms with Crippen molar-refractivity contribution in [2.75, 3.05) is 7.11 Å². The summed E-state index contributed by atoms with van der Waals surface area (Å²) >= 11 is 1.60. The Bertz CT molecular complexity index is 671. The molecule has 0 aliphatic rings. The zero-order valence-corrected chi connectivity index (χ0v) is 10.3. The van der Waals surface area contributed by atoms with Crippen LogP contribution < -0.4 is 4.74 Å². The number of rotatable bonds is 2. The molecule has 3 aromatic rings. The first-order chi connectivity index (χ1) is 8.26. The first-order valence-corrected chi connectivity index (χ1v) is 6.10. The van der Waals surface area contributed by atoms with Crippen molar-refractivity contribution in [2.24, 2.45) is 0 Å². The van der Waals surface area contributed by atoms with Gasteiger partial charge in [0.2, 0.25) is 0 Å². The van der Waals surface area contributed by atoms with Gasteiger partial charge < -0.3 is 9.72 Å². The van der Waals surface area contributed by atoms with Gasteiger partial charge in [0, 0.05) is 17.1 Å². The predicted octanol–water partition coefficient (Wildman–Crippen LogP) is 3.00. The number of nitrogens with one attached hydrogen (secondary N) is 1. The fourth-order valence-corrected chi connectivity index (χ4v) is 2.45. The molecule has 3 aromatic heterocycles. The molecule has 0 aromatic carbocycles. The molecule has 3 rings (SSSR count). The number of aryl methyl sites for hydroxylation is 1. The van der Waals surface area contributed by atoms with Crippen LogP contribution in [0.25, 0.3) is 21.9 Å². The van der Waals surface area contributed by atoms with Crippen LogP contribution in [-0.2, 0) is 0 Å². The number of thiophene rings is 1. The Labute approximate surface area is 102 Å². The molecule has 0 atom stereocenters. The molecule has 1 N–H and O–H groups in total. The molecule has 0 aliphatic heterocycles. The number of hydrogen-bond donors (Lipinski definition) is 1. The van der Waals surface area contributed by atoms with Crippen LogP contribution in [-0.4, -0.2) is 22.1 Å². The van der Waals surface area contributed by atoms with E-state index in [1.807, 2.05) is 30.5 Å². The van der Waals surface area contributed by atoms with E-state index in [4.69, 9.17) is 4.74 Å². The summed E-state index contributed by atoms with van der Waals surface area (Å²) in [6, 6.07) is 5.94. The Morgan fingerprint density at radius 2 is 2.18 bits per heavy atom. The summed E-state index contributed by atoms with van der Waals surface area (Å²) in [5.41, 5.74) is 2.68. The second-order valence-electron chi connectivity index (χ2n) is 3.76. The van der Waals surface area contributed by atoms with Gasteiger partial charge in [-0.2, -0.15) is 0 Å². The van der Waals surface area contributed by atoms with E-state index in [1.165, 1.54) is 0 Å². The van der Waals surface area contributed by atoms with Crippen LogP contribution in [0.3, 0.4) is 0 Å². The predicted molar refractivity (Wildman–Crippen MR) is 68.5 cm³/mol. The molecule has 5 heteroatoms. The van der Waals surface area contributed by atoms with Crippen LogP contribution in [0.15, 0.2) is 23.6 Å². The van der Waals surface area contributed by atoms with Gasteiger partial charge in [0.25, 0.3) is 0 Å². The number of aromatic amines is 1. The van der Waals surface area contributed by atoms with Crippen LogP contribution in [0.2, 0.25) is 0 Å². The number of fused-ring (bicyclic) bond motifs is 1. The van der Waals surface area contributed by atoms with Gasteiger partial charge in [0.15, 0.2) is 11.5 Å². The molecule has 0 saturated carbocycles. The van der Waals surface area contributed by atoms with Gasteiger partial charge in [-0.1, -0.05) is 0 Å². The lowest BCUT2D eigenvalue weighted by Gasteiger charge is -1.89. The summed E-state index contributed by atoms with van der Waals surface area (Å²) in [5.74, 6) is 1.70. The third-order valence-corrected chi connectivity index (χ3v) is 3.44. The topological polar surface area (TPSA) is 50.8 Å². The highest BCUT2D eigenvalue weighted by Gasteiger charge is 2.09. The lowest BCUT2D eigenvalue weighted by Crippen LogP contribution is -1.80. The van der Waals surface area contributed by atoms with E-state index in [0.29, 0.717) is 0 Å². The molecular formula is C12H11N3OS. The average Bonchev–Trinajstić information content (AvgIpc) is 2.93. The first-order valence-electron chi connectivity index (χ1n) is 5.22. The molecule has 0 spiro atoms. The molecule has 0 unspecified atom stereocenters. The highest BCUT2D eigenvalue weighted by atomic mass is 32.1. The summed E-state index contributed by atoms with van der Waals surface area (Å²) in [7, 11) is 1.66. The van der Waals surface area contributed by atoms with E-state index in [9.17, 15) is 0 Å². The fourth-order valence-electron chi connectivity index (χ4n) is 1.65. The molecule has 3 heterocycles. The zero-order chi connectivity index (χ0) is 11.8. The normalized spacial score (nSPS) is 10.9. The second kappa shape index (κ2) is 3.85. The number of ether oxygens (including phenoxy) is 1. The number of pyridine rings is 1. The van der Waals surface area contributed by atoms with Crippen LogP contribution in [0.4, 0.5) is 0 Å². The van der Waals surface area contributed by atoms with Gasteiger partial charge in [0.05, 0.1) is 17.5 Å². The highest BCUT2D eigenvalue weighted by Crippen LogP contribution is 2.30. The number of aromatic nitrogens is 3. The molecule has 0 amide bonds. The largest absolute Gasteiger partial charge is 0.496 e. The Kier molecular flexibility index (Phi) is 2.33. The summed E-state index contributed by atoms with van der Waals surface area (Å²) in [4.78, 5) is 13.2. The zero-order valence-electron chi connectivity index (χ0n) is 9.52. The Balaban J connectivity index is 2.11. The van der Waals surface area contributed by atoms with Crippen molar-refractivity contribution in [3.8, 4) is 16.5 Å². The monoisotopic (exact) mass is 245 g/mol. The van der Waals surface area contributed by atoms with Crippen molar-refractivity contribution in [3.05, 3.63) is 29.3 Å². The molecular weight excluding hydrogens is 234 g/mol. The van der Waals surface area contributed by atoms with Crippen LogP contribution in [0, 0.1) is 6.92 Å². The van der Waals surface area contributed by atoms with E-state index >= 15 is 0 Å². The first kappa shape index (κ1) is 10.3. The van der Waals surface area contributed by atoms with E-state index in [0.717, 1.165) is 33.3 Å². The van der Waals surface area contributed by atoms with Gasteiger partial charge in [-0.15, -0.1) is 11.3 Å². The third kappa shape index (κ3) is 1.78. The van der Waals surface area contributed by atoms with E-state index < -0.39 is 0 Å². The Morgan fingerprint density at radius 3 is 2.94 bits per heavy atom. The molecule has 0 radical (unpaired) electrons. The maximum Gasteiger partial charge on any atom is 0.178 e. The standard InChI is InChI=1S/C12H11N3OS/c1-7-3-4-9-11(13-7)15-12(14-9)10-5-8(16-2)6-17-10/h3-6H,1-2H3,(H,13,14,15). The quantitative estimate of drug-likeness (QED) is 0.755. The highest BCUT2D eigenvalue weighted by molar-refractivity contribution is 7.13. The van der Waals surface area contributed by atoms with Crippen molar-refractivity contribution in [3.63, 3.8) is 0 Å². The number of methoxy groups -OCH3 is 1. The molecule has 4 nitrogen and oxygen atoms in total. The Hall–Kier alpha value is -1.88. The van der Waals surface area contributed by atoms with Crippen molar-refractivity contribution in [2.45, 2.75) is 6.92 Å².